The van der Waals surface area contributed by atoms with Crippen LogP contribution in [-0.4, -0.2) is 28.4 Å². The molecule has 0 aliphatic carbocycles. The van der Waals surface area contributed by atoms with E-state index in [1.54, 1.807) is 13.1 Å². The van der Waals surface area contributed by atoms with Crippen LogP contribution in [0.25, 0.3) is 5.69 Å². The summed E-state index contributed by atoms with van der Waals surface area (Å²) in [6.45, 7) is 5.49. The van der Waals surface area contributed by atoms with Crippen molar-refractivity contribution in [3.63, 3.8) is 0 Å². The Labute approximate surface area is 214 Å². The van der Waals surface area contributed by atoms with E-state index in [4.69, 9.17) is 4.74 Å². The molecule has 0 saturated heterocycles. The molecule has 3 aromatic rings. The summed E-state index contributed by atoms with van der Waals surface area (Å²) in [5.74, 6) is -0.488. The van der Waals surface area contributed by atoms with Crippen LogP contribution in [0.2, 0.25) is 0 Å². The normalized spacial score (nSPS) is 11.1. The molecule has 0 bridgehead atoms. The number of hydrogen-bond donors (Lipinski definition) is 1. The molecular weight excluding hydrogens is 566 g/mol. The molecule has 176 valence electrons. The number of ether oxygens (including phenoxy) is 1. The molecule has 10 heteroatoms. The van der Waals surface area contributed by atoms with Crippen LogP contribution in [0, 0.1) is 32.1 Å². The zero-order valence-electron chi connectivity index (χ0n) is 19.1. The van der Waals surface area contributed by atoms with E-state index < -0.39 is 11.5 Å². The number of hydrazone groups is 1. The third kappa shape index (κ3) is 5.22. The van der Waals surface area contributed by atoms with Gasteiger partial charge in [-0.2, -0.15) is 10.4 Å². The van der Waals surface area contributed by atoms with Crippen LogP contribution < -0.4 is 11.0 Å². The summed E-state index contributed by atoms with van der Waals surface area (Å²) in [4.78, 5) is 25.3. The van der Waals surface area contributed by atoms with Crippen molar-refractivity contribution in [1.29, 1.82) is 5.26 Å². The highest BCUT2D eigenvalue weighted by Gasteiger charge is 2.19. The minimum Gasteiger partial charge on any atom is -0.380 e. The lowest BCUT2D eigenvalue weighted by molar-refractivity contribution is -0.121. The average Bonchev–Trinajstić information content (AvgIpc) is 3.08. The summed E-state index contributed by atoms with van der Waals surface area (Å²) in [6, 6.07) is 11.9. The first-order chi connectivity index (χ1) is 16.2. The monoisotopic (exact) mass is 587 g/mol. The highest BCUT2D eigenvalue weighted by Crippen LogP contribution is 2.24. The van der Waals surface area contributed by atoms with Crippen LogP contribution in [0.1, 0.15) is 33.8 Å². The maximum Gasteiger partial charge on any atom is 0.269 e. The van der Waals surface area contributed by atoms with Gasteiger partial charge in [-0.25, -0.2) is 5.43 Å². The standard InChI is InChI=1S/C24H23Br2N5O3/c1-14-8-17(15(2)31(14)19-7-5-6-18(25)9-19)11-28-29-22(32)12-30-16(3)23(26)21(13-34-4)20(10-27)24(30)33/h5-9,11H,12-13H2,1-4H3,(H,29,32)/b28-11+. The molecule has 2 heterocycles. The highest BCUT2D eigenvalue weighted by atomic mass is 79.9. The molecule has 0 radical (unpaired) electrons. The lowest BCUT2D eigenvalue weighted by Crippen LogP contribution is -2.33. The molecule has 1 N–H and O–H groups in total. The van der Waals surface area contributed by atoms with Crippen molar-refractivity contribution in [2.24, 2.45) is 5.10 Å². The molecule has 2 aromatic heterocycles. The van der Waals surface area contributed by atoms with Gasteiger partial charge < -0.3 is 13.9 Å². The van der Waals surface area contributed by atoms with Gasteiger partial charge in [0.15, 0.2) is 0 Å². The van der Waals surface area contributed by atoms with Crippen LogP contribution in [0.4, 0.5) is 0 Å². The largest absolute Gasteiger partial charge is 0.380 e. The van der Waals surface area contributed by atoms with E-state index in [9.17, 15) is 14.9 Å². The van der Waals surface area contributed by atoms with Crippen molar-refractivity contribution in [2.45, 2.75) is 33.9 Å². The Hall–Kier alpha value is -3.00. The minimum atomic E-state index is -0.549. The Bertz CT molecular complexity index is 1380. The number of carbonyl (C=O) groups excluding carboxylic acids is 1. The Morgan fingerprint density at radius 1 is 1.24 bits per heavy atom. The topological polar surface area (TPSA) is 101 Å². The number of halogens is 2. The van der Waals surface area contributed by atoms with Gasteiger partial charge in [-0.3, -0.25) is 9.59 Å². The number of nitrogens with zero attached hydrogens (tertiary/aromatic N) is 4. The highest BCUT2D eigenvalue weighted by molar-refractivity contribution is 9.10. The second-order valence-electron chi connectivity index (χ2n) is 7.62. The van der Waals surface area contributed by atoms with Crippen LogP contribution in [0.3, 0.4) is 0 Å². The summed E-state index contributed by atoms with van der Waals surface area (Å²) in [7, 11) is 1.48. The Morgan fingerprint density at radius 3 is 2.62 bits per heavy atom. The number of nitrogens with one attached hydrogen (secondary N) is 1. The second-order valence-corrected chi connectivity index (χ2v) is 9.33. The zero-order valence-corrected chi connectivity index (χ0v) is 22.3. The summed E-state index contributed by atoms with van der Waals surface area (Å²) >= 11 is 6.91. The molecule has 0 unspecified atom stereocenters. The van der Waals surface area contributed by atoms with Gasteiger partial charge in [-0.1, -0.05) is 22.0 Å². The van der Waals surface area contributed by atoms with E-state index >= 15 is 0 Å². The Balaban J connectivity index is 1.80. The van der Waals surface area contributed by atoms with Crippen molar-refractivity contribution in [2.75, 3.05) is 7.11 Å². The second kappa shape index (κ2) is 11.0. The molecule has 0 fully saturated rings. The maximum atomic E-state index is 12.8. The van der Waals surface area contributed by atoms with Gasteiger partial charge in [0.25, 0.3) is 11.5 Å². The zero-order chi connectivity index (χ0) is 25.0. The fourth-order valence-corrected chi connectivity index (χ4v) is 4.65. The quantitative estimate of drug-likeness (QED) is 0.329. The first-order valence-corrected chi connectivity index (χ1v) is 11.9. The lowest BCUT2D eigenvalue weighted by Gasteiger charge is -2.15. The molecule has 34 heavy (non-hydrogen) atoms. The fourth-order valence-electron chi connectivity index (χ4n) is 3.73. The number of rotatable bonds is 7. The van der Waals surface area contributed by atoms with Gasteiger partial charge in [0.1, 0.15) is 18.2 Å². The van der Waals surface area contributed by atoms with E-state index in [0.29, 0.717) is 15.7 Å². The van der Waals surface area contributed by atoms with Crippen molar-refractivity contribution in [3.05, 3.63) is 83.4 Å². The van der Waals surface area contributed by atoms with E-state index in [-0.39, 0.29) is 18.7 Å². The Kier molecular flexibility index (Phi) is 8.25. The van der Waals surface area contributed by atoms with Gasteiger partial charge in [0.05, 0.1) is 12.8 Å². The molecule has 0 aliphatic rings. The SMILES string of the molecule is COCc1c(Br)c(C)n(CC(=O)N/N=C/c2cc(C)n(-c3cccc(Br)c3)c2C)c(=O)c1C#N. The van der Waals surface area contributed by atoms with Crippen molar-refractivity contribution >= 4 is 44.0 Å². The van der Waals surface area contributed by atoms with E-state index in [1.165, 1.54) is 11.7 Å². The van der Waals surface area contributed by atoms with Crippen LogP contribution in [0.5, 0.6) is 0 Å². The van der Waals surface area contributed by atoms with Crippen molar-refractivity contribution in [1.82, 2.24) is 14.6 Å². The molecular formula is C24H23Br2N5O3. The number of hydrogen-bond acceptors (Lipinski definition) is 5. The first-order valence-electron chi connectivity index (χ1n) is 10.3. The third-order valence-electron chi connectivity index (χ3n) is 5.38. The molecule has 0 atom stereocenters. The van der Waals surface area contributed by atoms with Gasteiger partial charge in [0, 0.05) is 50.0 Å². The first kappa shape index (κ1) is 25.6. The smallest absolute Gasteiger partial charge is 0.269 e. The molecule has 3 rings (SSSR count). The van der Waals surface area contributed by atoms with Crippen molar-refractivity contribution < 1.29 is 9.53 Å². The van der Waals surface area contributed by atoms with Crippen LogP contribution in [0.15, 0.2) is 49.2 Å². The van der Waals surface area contributed by atoms with Gasteiger partial charge in [-0.15, -0.1) is 0 Å². The number of benzene rings is 1. The lowest BCUT2D eigenvalue weighted by atomic mass is 10.1. The van der Waals surface area contributed by atoms with E-state index in [2.05, 4.69) is 47.0 Å². The fraction of sp³-hybridized carbons (Fsp3) is 0.250. The van der Waals surface area contributed by atoms with E-state index in [0.717, 1.165) is 27.1 Å². The number of nitriles is 1. The molecule has 8 nitrogen and oxygen atoms in total. The predicted octanol–water partition coefficient (Wildman–Crippen LogP) is 4.26. The maximum absolute atomic E-state index is 12.8. The average molecular weight is 589 g/mol. The van der Waals surface area contributed by atoms with Gasteiger partial charge in [0.2, 0.25) is 0 Å². The molecule has 0 aliphatic heterocycles. The molecule has 1 amide bonds. The van der Waals surface area contributed by atoms with Crippen LogP contribution in [-0.2, 0) is 22.7 Å². The Morgan fingerprint density at radius 2 is 1.97 bits per heavy atom. The molecule has 0 saturated carbocycles. The van der Waals surface area contributed by atoms with Gasteiger partial charge in [-0.05, 0) is 61.0 Å². The summed E-state index contributed by atoms with van der Waals surface area (Å²) in [6.07, 6.45) is 1.57. The number of carbonyl (C=O) groups is 1. The van der Waals surface area contributed by atoms with Crippen LogP contribution >= 0.6 is 31.9 Å². The third-order valence-corrected chi connectivity index (χ3v) is 6.93. The molecule has 1 aromatic carbocycles. The number of amides is 1. The summed E-state index contributed by atoms with van der Waals surface area (Å²) < 4.78 is 9.97. The summed E-state index contributed by atoms with van der Waals surface area (Å²) in [5.41, 5.74) is 6.70. The number of aryl methyl sites for hydroxylation is 1. The minimum absolute atomic E-state index is 0.0596. The summed E-state index contributed by atoms with van der Waals surface area (Å²) in [5, 5.41) is 13.5. The number of pyridine rings is 1. The predicted molar refractivity (Wildman–Crippen MR) is 137 cm³/mol. The molecule has 0 spiro atoms. The van der Waals surface area contributed by atoms with Crippen molar-refractivity contribution in [3.8, 4) is 11.8 Å². The van der Waals surface area contributed by atoms with E-state index in [1.807, 2.05) is 50.2 Å². The number of aromatic nitrogens is 2. The number of methoxy groups -OCH3 is 1. The van der Waals surface area contributed by atoms with Gasteiger partial charge >= 0.3 is 0 Å².